The van der Waals surface area contributed by atoms with E-state index >= 15 is 0 Å². The summed E-state index contributed by atoms with van der Waals surface area (Å²) in [5.74, 6) is -0.481. The molecule has 29 heavy (non-hydrogen) atoms. The van der Waals surface area contributed by atoms with Gasteiger partial charge in [-0.3, -0.25) is 30.6 Å². The number of carbonyl (C=O) groups is 3. The van der Waals surface area contributed by atoms with Gasteiger partial charge in [-0.05, 0) is 36.5 Å². The molecule has 1 saturated heterocycles. The summed E-state index contributed by atoms with van der Waals surface area (Å²) in [6.07, 6.45) is 1.62. The number of hydrazine groups is 1. The predicted octanol–water partition coefficient (Wildman–Crippen LogP) is 0.972. The van der Waals surface area contributed by atoms with E-state index in [1.165, 1.54) is 13.4 Å². The van der Waals surface area contributed by atoms with Crippen molar-refractivity contribution in [2.45, 2.75) is 13.0 Å². The van der Waals surface area contributed by atoms with E-state index in [2.05, 4.69) is 16.2 Å². The number of ether oxygens (including phenoxy) is 1. The highest BCUT2D eigenvalue weighted by atomic mass is 32.1. The Bertz CT molecular complexity index is 915. The summed E-state index contributed by atoms with van der Waals surface area (Å²) in [6.45, 7) is 0.587. The maximum absolute atomic E-state index is 12.3. The molecule has 10 heteroatoms. The number of carbonyl (C=O) groups excluding carboxylic acids is 3. The molecule has 3 N–H and O–H groups in total. The Morgan fingerprint density at radius 3 is 2.76 bits per heavy atom. The minimum Gasteiger partial charge on any atom is -0.496 e. The van der Waals surface area contributed by atoms with Crippen LogP contribution in [0.25, 0.3) is 0 Å². The standard InChI is InChI=1S/C19H20N4O5S/c1-27-15-7-3-2-6-14(15)18(26)20-19(29)22-21-17(25)12-9-16(24)23(10-12)11-13-5-4-8-28-13/h2-8,12H,9-11H2,1H3,(H,21,25)(H2,20,22,26,29). The third-order valence-corrected chi connectivity index (χ3v) is 4.59. The molecule has 1 aliphatic heterocycles. The zero-order chi connectivity index (χ0) is 20.8. The first-order chi connectivity index (χ1) is 14.0. The molecule has 1 aromatic carbocycles. The highest BCUT2D eigenvalue weighted by molar-refractivity contribution is 7.80. The fraction of sp³-hybridized carbons (Fsp3) is 0.263. The quantitative estimate of drug-likeness (QED) is 0.492. The van der Waals surface area contributed by atoms with Gasteiger partial charge in [0.1, 0.15) is 11.5 Å². The maximum Gasteiger partial charge on any atom is 0.261 e. The summed E-state index contributed by atoms with van der Waals surface area (Å²) in [7, 11) is 1.46. The number of nitrogens with zero attached hydrogens (tertiary/aromatic N) is 1. The lowest BCUT2D eigenvalue weighted by Crippen LogP contribution is -2.50. The van der Waals surface area contributed by atoms with E-state index in [1.54, 1.807) is 41.3 Å². The molecular weight excluding hydrogens is 396 g/mol. The molecule has 2 heterocycles. The SMILES string of the molecule is COc1ccccc1C(=O)NC(=S)NNC(=O)C1CC(=O)N(Cc2ccco2)C1. The summed E-state index contributed by atoms with van der Waals surface area (Å²) in [5, 5.41) is 2.38. The van der Waals surface area contributed by atoms with Crippen LogP contribution in [-0.4, -0.2) is 41.4 Å². The predicted molar refractivity (Wildman–Crippen MR) is 107 cm³/mol. The van der Waals surface area contributed by atoms with Crippen molar-refractivity contribution in [2.75, 3.05) is 13.7 Å². The Balaban J connectivity index is 1.47. The Morgan fingerprint density at radius 2 is 2.03 bits per heavy atom. The number of amides is 3. The van der Waals surface area contributed by atoms with Crippen molar-refractivity contribution in [3.8, 4) is 5.75 Å². The molecule has 0 aliphatic carbocycles. The number of nitrogens with one attached hydrogen (secondary N) is 3. The van der Waals surface area contributed by atoms with E-state index in [1.807, 2.05) is 0 Å². The largest absolute Gasteiger partial charge is 0.496 e. The molecule has 0 spiro atoms. The van der Waals surface area contributed by atoms with Gasteiger partial charge in [-0.1, -0.05) is 12.1 Å². The monoisotopic (exact) mass is 416 g/mol. The zero-order valence-corrected chi connectivity index (χ0v) is 16.5. The Kier molecular flexibility index (Phi) is 6.45. The Morgan fingerprint density at radius 1 is 1.24 bits per heavy atom. The number of likely N-dealkylation sites (tertiary alicyclic amines) is 1. The number of benzene rings is 1. The number of methoxy groups -OCH3 is 1. The molecule has 1 aliphatic rings. The Hall–Kier alpha value is -3.40. The van der Waals surface area contributed by atoms with Crippen molar-refractivity contribution in [1.82, 2.24) is 21.1 Å². The first-order valence-corrected chi connectivity index (χ1v) is 9.23. The van der Waals surface area contributed by atoms with Crippen LogP contribution in [-0.2, 0) is 16.1 Å². The van der Waals surface area contributed by atoms with Crippen LogP contribution in [0.4, 0.5) is 0 Å². The summed E-state index contributed by atoms with van der Waals surface area (Å²) >= 11 is 5.04. The van der Waals surface area contributed by atoms with E-state index in [4.69, 9.17) is 21.4 Å². The van der Waals surface area contributed by atoms with Crippen LogP contribution in [0.2, 0.25) is 0 Å². The van der Waals surface area contributed by atoms with Gasteiger partial charge in [-0.15, -0.1) is 0 Å². The van der Waals surface area contributed by atoms with Crippen molar-refractivity contribution >= 4 is 35.1 Å². The lowest BCUT2D eigenvalue weighted by molar-refractivity contribution is -0.129. The van der Waals surface area contributed by atoms with Crippen LogP contribution in [0.15, 0.2) is 47.1 Å². The molecule has 1 aromatic heterocycles. The van der Waals surface area contributed by atoms with Gasteiger partial charge in [0.25, 0.3) is 5.91 Å². The molecule has 0 bridgehead atoms. The molecule has 1 fully saturated rings. The second-order valence-corrected chi connectivity index (χ2v) is 6.76. The number of hydrogen-bond donors (Lipinski definition) is 3. The number of para-hydroxylation sites is 1. The number of hydrogen-bond acceptors (Lipinski definition) is 6. The number of furan rings is 1. The van der Waals surface area contributed by atoms with E-state index < -0.39 is 17.7 Å². The number of rotatable bonds is 5. The molecule has 3 rings (SSSR count). The van der Waals surface area contributed by atoms with Crippen molar-refractivity contribution in [2.24, 2.45) is 5.92 Å². The highest BCUT2D eigenvalue weighted by Gasteiger charge is 2.34. The van der Waals surface area contributed by atoms with Crippen LogP contribution < -0.4 is 20.9 Å². The third kappa shape index (κ3) is 5.11. The van der Waals surface area contributed by atoms with Crippen LogP contribution in [0.5, 0.6) is 5.75 Å². The van der Waals surface area contributed by atoms with Gasteiger partial charge in [-0.25, -0.2) is 0 Å². The minimum absolute atomic E-state index is 0.0778. The molecule has 2 aromatic rings. The zero-order valence-electron chi connectivity index (χ0n) is 15.6. The highest BCUT2D eigenvalue weighted by Crippen LogP contribution is 2.20. The van der Waals surface area contributed by atoms with Crippen molar-refractivity contribution in [3.63, 3.8) is 0 Å². The molecule has 9 nitrogen and oxygen atoms in total. The van der Waals surface area contributed by atoms with Gasteiger partial charge in [-0.2, -0.15) is 0 Å². The summed E-state index contributed by atoms with van der Waals surface area (Å²) in [5.41, 5.74) is 5.22. The van der Waals surface area contributed by atoms with Crippen LogP contribution in [0.3, 0.4) is 0 Å². The van der Waals surface area contributed by atoms with Crippen LogP contribution >= 0.6 is 12.2 Å². The summed E-state index contributed by atoms with van der Waals surface area (Å²) in [6, 6.07) is 10.2. The normalized spacial score (nSPS) is 15.7. The molecule has 3 amide bonds. The van der Waals surface area contributed by atoms with Gasteiger partial charge < -0.3 is 14.1 Å². The second kappa shape index (κ2) is 9.20. The molecular formula is C19H20N4O5S. The Labute approximate surface area is 172 Å². The van der Waals surface area contributed by atoms with E-state index in [9.17, 15) is 14.4 Å². The van der Waals surface area contributed by atoms with Gasteiger partial charge in [0.15, 0.2) is 5.11 Å². The maximum atomic E-state index is 12.3. The molecule has 152 valence electrons. The summed E-state index contributed by atoms with van der Waals surface area (Å²) in [4.78, 5) is 38.3. The fourth-order valence-corrected chi connectivity index (χ4v) is 3.09. The van der Waals surface area contributed by atoms with E-state index in [0.717, 1.165) is 0 Å². The smallest absolute Gasteiger partial charge is 0.261 e. The average molecular weight is 416 g/mol. The van der Waals surface area contributed by atoms with Crippen LogP contribution in [0.1, 0.15) is 22.5 Å². The van der Waals surface area contributed by atoms with Crippen molar-refractivity contribution < 1.29 is 23.5 Å². The van der Waals surface area contributed by atoms with Gasteiger partial charge >= 0.3 is 0 Å². The third-order valence-electron chi connectivity index (χ3n) is 4.39. The van der Waals surface area contributed by atoms with Crippen molar-refractivity contribution in [1.29, 1.82) is 0 Å². The topological polar surface area (TPSA) is 113 Å². The fourth-order valence-electron chi connectivity index (χ4n) is 2.95. The van der Waals surface area contributed by atoms with Crippen molar-refractivity contribution in [3.05, 3.63) is 54.0 Å². The lowest BCUT2D eigenvalue weighted by atomic mass is 10.1. The second-order valence-electron chi connectivity index (χ2n) is 6.35. The molecule has 0 radical (unpaired) electrons. The minimum atomic E-state index is -0.530. The van der Waals surface area contributed by atoms with Crippen LogP contribution in [0, 0.1) is 5.92 Å². The first-order valence-electron chi connectivity index (χ1n) is 8.82. The summed E-state index contributed by atoms with van der Waals surface area (Å²) < 4.78 is 10.4. The molecule has 1 unspecified atom stereocenters. The average Bonchev–Trinajstić information content (AvgIpc) is 3.36. The first kappa shape index (κ1) is 20.3. The molecule has 0 saturated carbocycles. The van der Waals surface area contributed by atoms with E-state index in [-0.39, 0.29) is 24.0 Å². The van der Waals surface area contributed by atoms with Gasteiger partial charge in [0.05, 0.1) is 31.4 Å². The lowest BCUT2D eigenvalue weighted by Gasteiger charge is -2.16. The van der Waals surface area contributed by atoms with Gasteiger partial charge in [0.2, 0.25) is 11.8 Å². The van der Waals surface area contributed by atoms with Gasteiger partial charge in [0, 0.05) is 13.0 Å². The molecule has 1 atom stereocenters. The van der Waals surface area contributed by atoms with E-state index in [0.29, 0.717) is 23.6 Å². The number of thiocarbonyl (C=S) groups is 1.